The van der Waals surface area contributed by atoms with Gasteiger partial charge in [-0.25, -0.2) is 4.79 Å². The number of anilines is 2. The fourth-order valence-corrected chi connectivity index (χ4v) is 3.36. The molecule has 0 spiro atoms. The van der Waals surface area contributed by atoms with E-state index in [4.69, 9.17) is 10.5 Å². The number of hydrogen-bond acceptors (Lipinski definition) is 4. The highest BCUT2D eigenvalue weighted by molar-refractivity contribution is 5.94. The number of rotatable bonds is 2. The molecule has 1 aromatic carbocycles. The van der Waals surface area contributed by atoms with E-state index in [-0.39, 0.29) is 18.2 Å². The van der Waals surface area contributed by atoms with Crippen molar-refractivity contribution in [2.75, 3.05) is 24.1 Å². The van der Waals surface area contributed by atoms with Gasteiger partial charge in [0.05, 0.1) is 23.6 Å². The molecule has 2 amide bonds. The zero-order valence-corrected chi connectivity index (χ0v) is 13.3. The normalized spacial score (nSPS) is 22.4. The molecule has 0 radical (unpaired) electrons. The molecule has 2 unspecified atom stereocenters. The summed E-state index contributed by atoms with van der Waals surface area (Å²) in [6, 6.07) is 9.39. The first-order valence-corrected chi connectivity index (χ1v) is 8.20. The van der Waals surface area contributed by atoms with Gasteiger partial charge in [0.25, 0.3) is 0 Å². The molecule has 2 saturated heterocycles. The van der Waals surface area contributed by atoms with Crippen molar-refractivity contribution in [3.8, 4) is 11.1 Å². The Hall–Kier alpha value is -2.60. The van der Waals surface area contributed by atoms with Crippen LogP contribution < -0.4 is 11.1 Å². The predicted molar refractivity (Wildman–Crippen MR) is 92.6 cm³/mol. The van der Waals surface area contributed by atoms with E-state index in [1.165, 1.54) is 0 Å². The number of nitrogens with zero attached hydrogens (tertiary/aromatic N) is 2. The number of nitrogens with two attached hydrogens (primary N) is 1. The first kappa shape index (κ1) is 15.0. The van der Waals surface area contributed by atoms with Gasteiger partial charge in [0, 0.05) is 25.5 Å². The number of benzene rings is 1. The van der Waals surface area contributed by atoms with Crippen LogP contribution in [-0.2, 0) is 4.74 Å². The van der Waals surface area contributed by atoms with E-state index in [9.17, 15) is 4.79 Å². The standard InChI is InChI=1S/C18H20N4O2/c19-16-4-1-13(12-5-7-20-8-6-12)9-17(16)21-18(23)22-10-14-2-3-15(11-22)24-14/h1,4-9,14-15H,2-3,10-11,19H2,(H,21,23). The minimum atomic E-state index is -0.117. The lowest BCUT2D eigenvalue weighted by molar-refractivity contribution is -0.0219. The second-order valence-corrected chi connectivity index (χ2v) is 6.33. The van der Waals surface area contributed by atoms with Crippen molar-refractivity contribution in [2.45, 2.75) is 25.0 Å². The third-order valence-corrected chi connectivity index (χ3v) is 4.64. The van der Waals surface area contributed by atoms with Gasteiger partial charge in [-0.05, 0) is 48.2 Å². The van der Waals surface area contributed by atoms with E-state index in [1.54, 1.807) is 12.4 Å². The van der Waals surface area contributed by atoms with E-state index < -0.39 is 0 Å². The van der Waals surface area contributed by atoms with Crippen molar-refractivity contribution in [2.24, 2.45) is 0 Å². The van der Waals surface area contributed by atoms with Crippen molar-refractivity contribution in [1.82, 2.24) is 9.88 Å². The Morgan fingerprint density at radius 1 is 1.12 bits per heavy atom. The molecular weight excluding hydrogens is 304 g/mol. The van der Waals surface area contributed by atoms with Crippen molar-refractivity contribution in [3.05, 3.63) is 42.7 Å². The topological polar surface area (TPSA) is 80.5 Å². The molecule has 3 heterocycles. The number of carbonyl (C=O) groups excluding carboxylic acids is 1. The fraction of sp³-hybridized carbons (Fsp3) is 0.333. The molecule has 3 N–H and O–H groups in total. The monoisotopic (exact) mass is 324 g/mol. The maximum Gasteiger partial charge on any atom is 0.322 e. The molecule has 2 aliphatic heterocycles. The molecule has 124 valence electrons. The Morgan fingerprint density at radius 3 is 2.54 bits per heavy atom. The SMILES string of the molecule is Nc1ccc(-c2ccncc2)cc1NC(=O)N1CC2CCC(C1)O2. The molecule has 0 saturated carbocycles. The smallest absolute Gasteiger partial charge is 0.322 e. The Balaban J connectivity index is 1.52. The molecular formula is C18H20N4O2. The van der Waals surface area contributed by atoms with E-state index >= 15 is 0 Å². The van der Waals surface area contributed by atoms with E-state index in [1.807, 2.05) is 35.2 Å². The number of fused-ring (bicyclic) bond motifs is 2. The zero-order valence-electron chi connectivity index (χ0n) is 13.3. The maximum absolute atomic E-state index is 12.6. The van der Waals surface area contributed by atoms with E-state index in [0.29, 0.717) is 24.5 Å². The number of aromatic nitrogens is 1. The summed E-state index contributed by atoms with van der Waals surface area (Å²) in [4.78, 5) is 18.4. The number of nitrogen functional groups attached to an aromatic ring is 1. The maximum atomic E-state index is 12.6. The Kier molecular flexibility index (Phi) is 3.82. The lowest BCUT2D eigenvalue weighted by atomic mass is 10.1. The number of urea groups is 1. The van der Waals surface area contributed by atoms with E-state index in [0.717, 1.165) is 24.0 Å². The summed E-state index contributed by atoms with van der Waals surface area (Å²) in [5.74, 6) is 0. The van der Waals surface area contributed by atoms with Crippen molar-refractivity contribution < 1.29 is 9.53 Å². The Labute approximate surface area is 140 Å². The van der Waals surface area contributed by atoms with Crippen LogP contribution in [-0.4, -0.2) is 41.2 Å². The van der Waals surface area contributed by atoms with Crippen molar-refractivity contribution in [1.29, 1.82) is 0 Å². The molecule has 4 rings (SSSR count). The molecule has 6 nitrogen and oxygen atoms in total. The van der Waals surface area contributed by atoms with Crippen LogP contribution in [0.15, 0.2) is 42.7 Å². The predicted octanol–water partition coefficient (Wildman–Crippen LogP) is 2.73. The molecule has 2 aliphatic rings. The lowest BCUT2D eigenvalue weighted by Gasteiger charge is -2.32. The summed E-state index contributed by atoms with van der Waals surface area (Å²) in [7, 11) is 0. The van der Waals surface area contributed by atoms with Gasteiger partial charge in [-0.1, -0.05) is 6.07 Å². The van der Waals surface area contributed by atoms with Crippen LogP contribution >= 0.6 is 0 Å². The van der Waals surface area contributed by atoms with Gasteiger partial charge in [-0.2, -0.15) is 0 Å². The summed E-state index contributed by atoms with van der Waals surface area (Å²) in [5.41, 5.74) is 9.25. The third kappa shape index (κ3) is 2.92. The van der Waals surface area contributed by atoms with Crippen molar-refractivity contribution >= 4 is 17.4 Å². The highest BCUT2D eigenvalue weighted by Crippen LogP contribution is 2.29. The number of likely N-dealkylation sites (tertiary alicyclic amines) is 1. The van der Waals surface area contributed by atoms with Crippen LogP contribution in [0.5, 0.6) is 0 Å². The second-order valence-electron chi connectivity index (χ2n) is 6.33. The number of ether oxygens (including phenoxy) is 1. The van der Waals surface area contributed by atoms with Gasteiger partial charge in [0.15, 0.2) is 0 Å². The summed E-state index contributed by atoms with van der Waals surface area (Å²) < 4.78 is 5.78. The minimum Gasteiger partial charge on any atom is -0.397 e. The lowest BCUT2D eigenvalue weighted by Crippen LogP contribution is -2.47. The number of carbonyl (C=O) groups is 1. The number of amides is 2. The minimum absolute atomic E-state index is 0.117. The highest BCUT2D eigenvalue weighted by atomic mass is 16.5. The largest absolute Gasteiger partial charge is 0.397 e. The molecule has 0 aliphatic carbocycles. The fourth-order valence-electron chi connectivity index (χ4n) is 3.36. The summed E-state index contributed by atoms with van der Waals surface area (Å²) in [6.45, 7) is 1.29. The second kappa shape index (κ2) is 6.13. The molecule has 2 atom stereocenters. The number of nitrogens with one attached hydrogen (secondary N) is 1. The van der Waals surface area contributed by atoms with Crippen LogP contribution in [0.3, 0.4) is 0 Å². The molecule has 2 fully saturated rings. The van der Waals surface area contributed by atoms with Gasteiger partial charge in [-0.3, -0.25) is 4.98 Å². The van der Waals surface area contributed by atoms with Crippen LogP contribution in [0.25, 0.3) is 11.1 Å². The van der Waals surface area contributed by atoms with Crippen LogP contribution in [0, 0.1) is 0 Å². The quantitative estimate of drug-likeness (QED) is 0.832. The van der Waals surface area contributed by atoms with Gasteiger partial charge < -0.3 is 20.7 Å². The number of morpholine rings is 1. The van der Waals surface area contributed by atoms with Gasteiger partial charge in [0.2, 0.25) is 0 Å². The van der Waals surface area contributed by atoms with E-state index in [2.05, 4.69) is 10.3 Å². The summed E-state index contributed by atoms with van der Waals surface area (Å²) >= 11 is 0. The van der Waals surface area contributed by atoms with Crippen LogP contribution in [0.1, 0.15) is 12.8 Å². The van der Waals surface area contributed by atoms with Crippen LogP contribution in [0.4, 0.5) is 16.2 Å². The molecule has 1 aromatic heterocycles. The average molecular weight is 324 g/mol. The van der Waals surface area contributed by atoms with Gasteiger partial charge in [-0.15, -0.1) is 0 Å². The van der Waals surface area contributed by atoms with Crippen molar-refractivity contribution in [3.63, 3.8) is 0 Å². The molecule has 2 bridgehead atoms. The first-order valence-electron chi connectivity index (χ1n) is 8.20. The molecule has 24 heavy (non-hydrogen) atoms. The zero-order chi connectivity index (χ0) is 16.5. The van der Waals surface area contributed by atoms with Gasteiger partial charge >= 0.3 is 6.03 Å². The van der Waals surface area contributed by atoms with Gasteiger partial charge in [0.1, 0.15) is 0 Å². The Bertz CT molecular complexity index is 738. The molecule has 2 aromatic rings. The average Bonchev–Trinajstić information content (AvgIpc) is 2.95. The molecule has 6 heteroatoms. The highest BCUT2D eigenvalue weighted by Gasteiger charge is 2.35. The third-order valence-electron chi connectivity index (χ3n) is 4.64. The van der Waals surface area contributed by atoms with Crippen LogP contribution in [0.2, 0.25) is 0 Å². The number of pyridine rings is 1. The number of hydrogen-bond donors (Lipinski definition) is 2. The summed E-state index contributed by atoms with van der Waals surface area (Å²) in [5, 5.41) is 2.95. The first-order chi connectivity index (χ1) is 11.7. The Morgan fingerprint density at radius 2 is 1.83 bits per heavy atom. The summed E-state index contributed by atoms with van der Waals surface area (Å²) in [6.07, 6.45) is 5.91.